The van der Waals surface area contributed by atoms with Gasteiger partial charge in [-0.05, 0) is 45.7 Å². The summed E-state index contributed by atoms with van der Waals surface area (Å²) in [5.41, 5.74) is -0.118. The lowest BCUT2D eigenvalue weighted by Crippen LogP contribution is -2.59. The number of nitrogens with one attached hydrogen (secondary N) is 1. The lowest BCUT2D eigenvalue weighted by atomic mass is 9.92. The van der Waals surface area contributed by atoms with Crippen LogP contribution < -0.4 is 5.32 Å². The summed E-state index contributed by atoms with van der Waals surface area (Å²) < 4.78 is 5.21. The fourth-order valence-corrected chi connectivity index (χ4v) is 2.54. The van der Waals surface area contributed by atoms with Crippen LogP contribution in [0.1, 0.15) is 33.1 Å². The van der Waals surface area contributed by atoms with Gasteiger partial charge in [0.05, 0.1) is 18.8 Å². The first-order valence-electron chi connectivity index (χ1n) is 7.14. The van der Waals surface area contributed by atoms with Gasteiger partial charge in [-0.3, -0.25) is 4.90 Å². The lowest BCUT2D eigenvalue weighted by Gasteiger charge is -2.39. The zero-order chi connectivity index (χ0) is 13.6. The Balaban J connectivity index is 2.59. The maximum Gasteiger partial charge on any atom is 0.0628 e. The van der Waals surface area contributed by atoms with Crippen LogP contribution in [0.15, 0.2) is 0 Å². The number of methoxy groups -OCH3 is 1. The maximum absolute atomic E-state index is 9.85. The van der Waals surface area contributed by atoms with Crippen LogP contribution in [0.25, 0.3) is 0 Å². The molecule has 0 radical (unpaired) electrons. The third-order valence-electron chi connectivity index (χ3n) is 4.06. The molecule has 0 saturated heterocycles. The van der Waals surface area contributed by atoms with E-state index in [4.69, 9.17) is 4.74 Å². The molecule has 1 fully saturated rings. The first-order chi connectivity index (χ1) is 8.59. The Hall–Kier alpha value is -0.160. The van der Waals surface area contributed by atoms with Crippen molar-refractivity contribution < 1.29 is 9.84 Å². The summed E-state index contributed by atoms with van der Waals surface area (Å²) in [6.07, 6.45) is 3.58. The molecule has 0 bridgehead atoms. The molecule has 0 aromatic rings. The molecule has 2 N–H and O–H groups in total. The van der Waals surface area contributed by atoms with Crippen molar-refractivity contribution in [2.24, 2.45) is 5.92 Å². The van der Waals surface area contributed by atoms with E-state index in [9.17, 15) is 5.11 Å². The zero-order valence-corrected chi connectivity index (χ0v) is 12.4. The van der Waals surface area contributed by atoms with Crippen molar-refractivity contribution >= 4 is 0 Å². The molecule has 2 atom stereocenters. The molecule has 0 aromatic carbocycles. The molecule has 1 saturated carbocycles. The third kappa shape index (κ3) is 4.19. The number of likely N-dealkylation sites (N-methyl/N-ethyl adjacent to an activating group) is 1. The summed E-state index contributed by atoms with van der Waals surface area (Å²) >= 11 is 0. The van der Waals surface area contributed by atoms with Crippen LogP contribution in [0, 0.1) is 5.92 Å². The Kier molecular flexibility index (Phi) is 6.57. The third-order valence-corrected chi connectivity index (χ3v) is 4.06. The smallest absolute Gasteiger partial charge is 0.0628 e. The molecule has 0 spiro atoms. The Bertz CT molecular complexity index is 234. The summed E-state index contributed by atoms with van der Waals surface area (Å²) in [7, 11) is 3.85. The molecule has 108 valence electrons. The van der Waals surface area contributed by atoms with Gasteiger partial charge in [0, 0.05) is 19.7 Å². The molecule has 4 heteroatoms. The second kappa shape index (κ2) is 7.43. The molecule has 0 heterocycles. The van der Waals surface area contributed by atoms with Crippen molar-refractivity contribution in [1.29, 1.82) is 0 Å². The van der Waals surface area contributed by atoms with Crippen LogP contribution in [-0.4, -0.2) is 62.0 Å². The first kappa shape index (κ1) is 15.9. The van der Waals surface area contributed by atoms with E-state index < -0.39 is 0 Å². The Morgan fingerprint density at radius 2 is 2.17 bits per heavy atom. The van der Waals surface area contributed by atoms with Gasteiger partial charge in [-0.1, -0.05) is 6.92 Å². The van der Waals surface area contributed by atoms with Crippen LogP contribution >= 0.6 is 0 Å². The van der Waals surface area contributed by atoms with Gasteiger partial charge in [0.25, 0.3) is 0 Å². The molecule has 4 nitrogen and oxygen atoms in total. The van der Waals surface area contributed by atoms with E-state index in [1.54, 1.807) is 7.11 Å². The summed E-state index contributed by atoms with van der Waals surface area (Å²) in [5.74, 6) is 0.631. The maximum atomic E-state index is 9.85. The van der Waals surface area contributed by atoms with Crippen LogP contribution in [0.2, 0.25) is 0 Å². The van der Waals surface area contributed by atoms with E-state index in [0.29, 0.717) is 12.0 Å². The minimum absolute atomic E-state index is 0.118. The molecule has 18 heavy (non-hydrogen) atoms. The van der Waals surface area contributed by atoms with E-state index in [0.717, 1.165) is 26.1 Å². The number of ether oxygens (including phenoxy) is 1. The number of hydrogen-bond acceptors (Lipinski definition) is 4. The van der Waals surface area contributed by atoms with Gasteiger partial charge in [0.2, 0.25) is 0 Å². The molecular formula is C14H30N2O2. The highest BCUT2D eigenvalue weighted by Gasteiger charge is 2.45. The van der Waals surface area contributed by atoms with E-state index in [1.807, 2.05) is 0 Å². The Morgan fingerprint density at radius 3 is 2.61 bits per heavy atom. The number of aliphatic hydroxyl groups excluding tert-OH is 1. The Morgan fingerprint density at radius 1 is 1.50 bits per heavy atom. The van der Waals surface area contributed by atoms with Crippen molar-refractivity contribution in [3.63, 3.8) is 0 Å². The molecule has 0 aromatic heterocycles. The molecule has 0 amide bonds. The van der Waals surface area contributed by atoms with Crippen LogP contribution in [0.4, 0.5) is 0 Å². The van der Waals surface area contributed by atoms with E-state index in [1.165, 1.54) is 12.8 Å². The van der Waals surface area contributed by atoms with Crippen molar-refractivity contribution in [3.8, 4) is 0 Å². The van der Waals surface area contributed by atoms with Crippen LogP contribution in [-0.2, 0) is 4.74 Å². The second-order valence-electron chi connectivity index (χ2n) is 5.73. The molecule has 1 rings (SSSR count). The van der Waals surface area contributed by atoms with Gasteiger partial charge in [0.1, 0.15) is 0 Å². The highest BCUT2D eigenvalue weighted by Crippen LogP contribution is 2.40. The van der Waals surface area contributed by atoms with Crippen molar-refractivity contribution in [2.45, 2.75) is 44.7 Å². The largest absolute Gasteiger partial charge is 0.394 e. The predicted octanol–water partition coefficient (Wildman–Crippen LogP) is 1.09. The molecular weight excluding hydrogens is 228 g/mol. The predicted molar refractivity (Wildman–Crippen MR) is 74.8 cm³/mol. The number of aliphatic hydroxyl groups is 1. The van der Waals surface area contributed by atoms with Crippen LogP contribution in [0.5, 0.6) is 0 Å². The standard InChI is InChI=1S/C14H30N2O2/c1-5-8-15-14(11-17,13-6-7-13)10-16(3)12(2)9-18-4/h12-13,15,17H,5-11H2,1-4H3. The van der Waals surface area contributed by atoms with Gasteiger partial charge in [0.15, 0.2) is 0 Å². The SMILES string of the molecule is CCCNC(CO)(CN(C)C(C)COC)C1CC1. The van der Waals surface area contributed by atoms with Gasteiger partial charge in [-0.15, -0.1) is 0 Å². The highest BCUT2D eigenvalue weighted by atomic mass is 16.5. The molecule has 2 unspecified atom stereocenters. The van der Waals surface area contributed by atoms with Gasteiger partial charge >= 0.3 is 0 Å². The van der Waals surface area contributed by atoms with Crippen LogP contribution in [0.3, 0.4) is 0 Å². The fraction of sp³-hybridized carbons (Fsp3) is 1.00. The average molecular weight is 258 g/mol. The summed E-state index contributed by atoms with van der Waals surface area (Å²) in [6.45, 7) is 7.15. The Labute approximate surface area is 112 Å². The monoisotopic (exact) mass is 258 g/mol. The molecule has 0 aliphatic heterocycles. The van der Waals surface area contributed by atoms with Crippen molar-refractivity contribution in [3.05, 3.63) is 0 Å². The average Bonchev–Trinajstić information content (AvgIpc) is 3.19. The summed E-state index contributed by atoms with van der Waals surface area (Å²) in [4.78, 5) is 2.29. The minimum Gasteiger partial charge on any atom is -0.394 e. The van der Waals surface area contributed by atoms with E-state index in [-0.39, 0.29) is 12.1 Å². The fourth-order valence-electron chi connectivity index (χ4n) is 2.54. The van der Waals surface area contributed by atoms with Crippen molar-refractivity contribution in [2.75, 3.05) is 40.5 Å². The highest BCUT2D eigenvalue weighted by molar-refractivity contribution is 5.02. The topological polar surface area (TPSA) is 44.7 Å². The van der Waals surface area contributed by atoms with E-state index in [2.05, 4.69) is 31.1 Å². The minimum atomic E-state index is -0.118. The number of rotatable bonds is 10. The van der Waals surface area contributed by atoms with E-state index >= 15 is 0 Å². The molecule has 1 aliphatic rings. The number of nitrogens with zero attached hydrogens (tertiary/aromatic N) is 1. The van der Waals surface area contributed by atoms with Gasteiger partial charge in [-0.25, -0.2) is 0 Å². The van der Waals surface area contributed by atoms with Gasteiger partial charge < -0.3 is 15.2 Å². The van der Waals surface area contributed by atoms with Gasteiger partial charge in [-0.2, -0.15) is 0 Å². The second-order valence-corrected chi connectivity index (χ2v) is 5.73. The lowest BCUT2D eigenvalue weighted by molar-refractivity contribution is 0.0597. The molecule has 1 aliphatic carbocycles. The zero-order valence-electron chi connectivity index (χ0n) is 12.4. The number of hydrogen-bond donors (Lipinski definition) is 2. The quantitative estimate of drug-likeness (QED) is 0.616. The summed E-state index contributed by atoms with van der Waals surface area (Å²) in [5, 5.41) is 13.4. The first-order valence-corrected chi connectivity index (χ1v) is 7.14. The summed E-state index contributed by atoms with van der Waals surface area (Å²) in [6, 6.07) is 0.378. The normalized spacial score (nSPS) is 21.0. The van der Waals surface area contributed by atoms with Crippen molar-refractivity contribution in [1.82, 2.24) is 10.2 Å².